The van der Waals surface area contributed by atoms with Gasteiger partial charge in [0.15, 0.2) is 18.2 Å². The molecule has 1 amide bonds. The predicted octanol–water partition coefficient (Wildman–Crippen LogP) is 4.32. The fraction of sp³-hybridized carbons (Fsp3) is 0.769. The molecule has 0 unspecified atom stereocenters. The van der Waals surface area contributed by atoms with E-state index in [1.165, 1.54) is 4.68 Å². The van der Waals surface area contributed by atoms with E-state index in [1.54, 1.807) is 25.8 Å². The molecular weight excluding hydrogens is 478 g/mol. The van der Waals surface area contributed by atoms with Crippen LogP contribution in [0.5, 0.6) is 0 Å². The Morgan fingerprint density at radius 3 is 2.14 bits per heavy atom. The minimum Gasteiger partial charge on any atom is -0.414 e. The van der Waals surface area contributed by atoms with Crippen molar-refractivity contribution in [1.82, 2.24) is 14.7 Å². The van der Waals surface area contributed by atoms with Crippen molar-refractivity contribution in [2.45, 2.75) is 101 Å². The van der Waals surface area contributed by atoms with Gasteiger partial charge in [0.25, 0.3) is 5.91 Å². The highest BCUT2D eigenvalue weighted by Gasteiger charge is 2.61. The number of aromatic nitrogens is 2. The average molecular weight is 522 g/mol. The van der Waals surface area contributed by atoms with Gasteiger partial charge in [-0.15, -0.1) is 6.42 Å². The summed E-state index contributed by atoms with van der Waals surface area (Å²) in [6.45, 7) is 17.6. The molecule has 2 heterocycles. The van der Waals surface area contributed by atoms with Crippen LogP contribution < -0.4 is 0 Å². The molecule has 0 bridgehead atoms. The first-order chi connectivity index (χ1) is 16.1. The fourth-order valence-electron chi connectivity index (χ4n) is 6.30. The summed E-state index contributed by atoms with van der Waals surface area (Å²) in [6.07, 6.45) is 7.28. The summed E-state index contributed by atoms with van der Waals surface area (Å²) in [5.74, 6) is 2.37. The van der Waals surface area contributed by atoms with Crippen molar-refractivity contribution in [1.29, 1.82) is 0 Å². The maximum absolute atomic E-state index is 14.1. The van der Waals surface area contributed by atoms with Gasteiger partial charge in [-0.1, -0.05) is 41.5 Å². The zero-order valence-corrected chi connectivity index (χ0v) is 24.8. The molecule has 35 heavy (non-hydrogen) atoms. The molecule has 0 saturated heterocycles. The minimum atomic E-state index is -3.59. The van der Waals surface area contributed by atoms with E-state index >= 15 is 0 Å². The molecule has 1 aliphatic carbocycles. The number of fused-ring (bicyclic) bond motifs is 1. The van der Waals surface area contributed by atoms with Crippen LogP contribution in [-0.4, -0.2) is 66.5 Å². The number of hydrogen-bond acceptors (Lipinski definition) is 5. The van der Waals surface area contributed by atoms with Crippen molar-refractivity contribution in [3.05, 3.63) is 17.0 Å². The Hall–Kier alpha value is -1.63. The third kappa shape index (κ3) is 4.40. The molecule has 0 aromatic carbocycles. The maximum atomic E-state index is 14.1. The van der Waals surface area contributed by atoms with Crippen LogP contribution in [0, 0.1) is 12.3 Å². The predicted molar refractivity (Wildman–Crippen MR) is 143 cm³/mol. The Bertz CT molecular complexity index is 1100. The highest BCUT2D eigenvalue weighted by atomic mass is 32.2. The smallest absolute Gasteiger partial charge is 0.272 e. The van der Waals surface area contributed by atoms with E-state index in [9.17, 15) is 13.2 Å². The van der Waals surface area contributed by atoms with Gasteiger partial charge in [0.1, 0.15) is 11.4 Å². The van der Waals surface area contributed by atoms with E-state index in [0.29, 0.717) is 53.8 Å². The number of terminal acetylenes is 1. The highest BCUT2D eigenvalue weighted by molar-refractivity contribution is 7.94. The van der Waals surface area contributed by atoms with E-state index in [-0.39, 0.29) is 19.1 Å². The summed E-state index contributed by atoms with van der Waals surface area (Å²) in [4.78, 5) is 15.0. The van der Waals surface area contributed by atoms with Gasteiger partial charge in [0.2, 0.25) is 0 Å². The maximum Gasteiger partial charge on any atom is 0.272 e. The zero-order chi connectivity index (χ0) is 26.6. The molecule has 3 rings (SSSR count). The number of rotatable bonds is 10. The molecule has 1 aromatic heterocycles. The van der Waals surface area contributed by atoms with Crippen LogP contribution in [-0.2, 0) is 27.7 Å². The van der Waals surface area contributed by atoms with Gasteiger partial charge in [-0.3, -0.25) is 9.48 Å². The summed E-state index contributed by atoms with van der Waals surface area (Å²) in [5.41, 5.74) is 2.89. The zero-order valence-electron chi connectivity index (χ0n) is 22.9. The van der Waals surface area contributed by atoms with Crippen molar-refractivity contribution in [2.24, 2.45) is 7.05 Å². The second kappa shape index (κ2) is 9.35. The number of nitrogens with zero attached hydrogens (tertiary/aromatic N) is 3. The summed E-state index contributed by atoms with van der Waals surface area (Å²) >= 11 is 0. The lowest BCUT2D eigenvalue weighted by molar-refractivity contribution is 0.0724. The van der Waals surface area contributed by atoms with Crippen LogP contribution in [0.2, 0.25) is 16.6 Å². The molecule has 9 heteroatoms. The van der Waals surface area contributed by atoms with Gasteiger partial charge >= 0.3 is 0 Å². The van der Waals surface area contributed by atoms with E-state index in [1.807, 2.05) is 0 Å². The molecule has 1 saturated carbocycles. The lowest BCUT2D eigenvalue weighted by Gasteiger charge is -2.44. The lowest BCUT2D eigenvalue weighted by atomic mass is 10.0. The van der Waals surface area contributed by atoms with Crippen LogP contribution in [0.4, 0.5) is 0 Å². The largest absolute Gasteiger partial charge is 0.414 e. The fourth-order valence-corrected chi connectivity index (χ4v) is 14.4. The third-order valence-corrected chi connectivity index (χ3v) is 17.7. The van der Waals surface area contributed by atoms with Gasteiger partial charge in [0, 0.05) is 25.7 Å². The van der Waals surface area contributed by atoms with Crippen LogP contribution in [0.3, 0.4) is 0 Å². The second-order valence-electron chi connectivity index (χ2n) is 12.0. The van der Waals surface area contributed by atoms with Crippen LogP contribution in [0.1, 0.15) is 90.0 Å². The molecular formula is C26H43N3O4SSi. The SMILES string of the molecule is C#Cc1nn(C)c2c1CCN(CC1(S(=O)(=O)C(C)(C)CO[Si](C(C)C)(C(C)C)C(C)C)CC1)C2=O. The second-order valence-corrected chi connectivity index (χ2v) is 20.4. The van der Waals surface area contributed by atoms with Crippen LogP contribution in [0.15, 0.2) is 0 Å². The number of sulfone groups is 1. The van der Waals surface area contributed by atoms with E-state index < -0.39 is 27.6 Å². The third-order valence-electron chi connectivity index (χ3n) is 8.36. The quantitative estimate of drug-likeness (QED) is 0.338. The molecule has 1 aliphatic heterocycles. The van der Waals surface area contributed by atoms with E-state index in [0.717, 1.165) is 5.56 Å². The van der Waals surface area contributed by atoms with Gasteiger partial charge < -0.3 is 9.33 Å². The molecule has 1 aromatic rings. The number of hydrogen-bond donors (Lipinski definition) is 0. The first-order valence-electron chi connectivity index (χ1n) is 12.8. The average Bonchev–Trinajstić information content (AvgIpc) is 3.46. The normalized spacial score (nSPS) is 18.4. The van der Waals surface area contributed by atoms with Crippen molar-refractivity contribution >= 4 is 24.1 Å². The first kappa shape index (κ1) is 27.9. The molecule has 2 aliphatic rings. The molecule has 0 N–H and O–H groups in total. The molecule has 0 atom stereocenters. The van der Waals surface area contributed by atoms with E-state index in [4.69, 9.17) is 10.8 Å². The Kier molecular flexibility index (Phi) is 7.46. The molecule has 196 valence electrons. The van der Waals surface area contributed by atoms with Crippen molar-refractivity contribution < 1.29 is 17.6 Å². The van der Waals surface area contributed by atoms with Gasteiger partial charge in [0.05, 0.1) is 16.1 Å². The van der Waals surface area contributed by atoms with Crippen molar-refractivity contribution in [3.63, 3.8) is 0 Å². The Labute approximate surface area is 213 Å². The standard InChI is InChI=1S/C26H43N3O4SSi/c1-11-22-21-12-15-29(24(30)23(21)28(10)27-22)16-26(13-14-26)34(31,32)25(8,9)17-33-35(18(2)3,19(4)5)20(6)7/h1,18-20H,12-17H2,2-10H3. The Morgan fingerprint density at radius 1 is 1.14 bits per heavy atom. The van der Waals surface area contributed by atoms with Crippen LogP contribution in [0.25, 0.3) is 0 Å². The topological polar surface area (TPSA) is 81.5 Å². The first-order valence-corrected chi connectivity index (χ1v) is 16.4. The Morgan fingerprint density at radius 2 is 1.69 bits per heavy atom. The van der Waals surface area contributed by atoms with Crippen LogP contribution >= 0.6 is 0 Å². The molecule has 0 spiro atoms. The molecule has 0 radical (unpaired) electrons. The minimum absolute atomic E-state index is 0.184. The van der Waals surface area contributed by atoms with E-state index in [2.05, 4.69) is 52.6 Å². The molecule has 1 fully saturated rings. The van der Waals surface area contributed by atoms with Crippen molar-refractivity contribution in [2.75, 3.05) is 19.7 Å². The number of amides is 1. The Balaban J connectivity index is 1.83. The summed E-state index contributed by atoms with van der Waals surface area (Å²) in [7, 11) is -4.09. The molecule has 7 nitrogen and oxygen atoms in total. The summed E-state index contributed by atoms with van der Waals surface area (Å²) in [5, 5.41) is 4.29. The number of aryl methyl sites for hydroxylation is 1. The van der Waals surface area contributed by atoms with Gasteiger partial charge in [-0.05, 0) is 55.7 Å². The monoisotopic (exact) mass is 521 g/mol. The number of carbonyl (C=O) groups excluding carboxylic acids is 1. The summed E-state index contributed by atoms with van der Waals surface area (Å²) in [6, 6.07) is 0. The van der Waals surface area contributed by atoms with Gasteiger partial charge in [-0.2, -0.15) is 5.10 Å². The van der Waals surface area contributed by atoms with Crippen molar-refractivity contribution in [3.8, 4) is 12.3 Å². The van der Waals surface area contributed by atoms with Gasteiger partial charge in [-0.25, -0.2) is 8.42 Å². The number of carbonyl (C=O) groups is 1. The lowest BCUT2D eigenvalue weighted by Crippen LogP contribution is -2.55. The summed E-state index contributed by atoms with van der Waals surface area (Å²) < 4.78 is 34.4. The highest BCUT2D eigenvalue weighted by Crippen LogP contribution is 2.50.